The van der Waals surface area contributed by atoms with E-state index in [0.717, 1.165) is 0 Å². The lowest BCUT2D eigenvalue weighted by Gasteiger charge is -2.34. The first-order valence-corrected chi connectivity index (χ1v) is 5.87. The predicted octanol–water partition coefficient (Wildman–Crippen LogP) is 3.74. The van der Waals surface area contributed by atoms with Gasteiger partial charge in [0.2, 0.25) is 0 Å². The molecule has 0 fully saturated rings. The highest BCUT2D eigenvalue weighted by molar-refractivity contribution is 5.78. The number of rotatable bonds is 2. The zero-order chi connectivity index (χ0) is 13.6. The minimum Gasteiger partial charge on any atom is -0.454 e. The summed E-state index contributed by atoms with van der Waals surface area (Å²) in [6.45, 7) is 5.01. The van der Waals surface area contributed by atoms with E-state index in [1.54, 1.807) is 32.9 Å². The number of para-hydroxylation sites is 1. The van der Waals surface area contributed by atoms with E-state index < -0.39 is 16.9 Å². The summed E-state index contributed by atoms with van der Waals surface area (Å²) in [4.78, 5) is 0. The molecule has 2 aromatic rings. The van der Waals surface area contributed by atoms with E-state index in [0.29, 0.717) is 5.39 Å². The Balaban J connectivity index is 2.64. The van der Waals surface area contributed by atoms with Crippen LogP contribution in [0, 0.1) is 11.2 Å². The summed E-state index contributed by atoms with van der Waals surface area (Å²) in [5.74, 6) is -0.412. The second-order valence-electron chi connectivity index (χ2n) is 5.52. The minimum absolute atomic E-state index is 0.0761. The normalized spacial score (nSPS) is 15.9. The molecule has 1 heterocycles. The molecule has 2 rings (SSSR count). The predicted molar refractivity (Wildman–Crippen MR) is 67.5 cm³/mol. The van der Waals surface area contributed by atoms with Crippen molar-refractivity contribution in [3.05, 3.63) is 35.8 Å². The van der Waals surface area contributed by atoms with Gasteiger partial charge < -0.3 is 10.2 Å². The first-order valence-electron chi connectivity index (χ1n) is 5.87. The smallest absolute Gasteiger partial charge is 0.185 e. The van der Waals surface area contributed by atoms with Gasteiger partial charge in [-0.25, -0.2) is 8.78 Å². The molecule has 18 heavy (non-hydrogen) atoms. The lowest BCUT2D eigenvalue weighted by atomic mass is 9.76. The molecule has 0 aliphatic rings. The molecule has 1 aromatic carbocycles. The van der Waals surface area contributed by atoms with Crippen molar-refractivity contribution in [1.29, 1.82) is 0 Å². The standard InChI is InChI=1S/C14H17F2NO/c1-13(2,3)14(16,8-17)11-7-9-5-4-6-10(15)12(9)18-11/h4-7H,8,17H2,1-3H3. The van der Waals surface area contributed by atoms with Crippen molar-refractivity contribution in [2.24, 2.45) is 11.1 Å². The van der Waals surface area contributed by atoms with Crippen LogP contribution in [0.2, 0.25) is 0 Å². The van der Waals surface area contributed by atoms with E-state index in [4.69, 9.17) is 10.2 Å². The van der Waals surface area contributed by atoms with Gasteiger partial charge in [0.25, 0.3) is 0 Å². The topological polar surface area (TPSA) is 39.2 Å². The third-order valence-corrected chi connectivity index (χ3v) is 3.36. The van der Waals surface area contributed by atoms with E-state index in [2.05, 4.69) is 0 Å². The van der Waals surface area contributed by atoms with Gasteiger partial charge in [-0.2, -0.15) is 0 Å². The van der Waals surface area contributed by atoms with Crippen LogP contribution < -0.4 is 5.73 Å². The first kappa shape index (κ1) is 13.0. The molecule has 0 saturated heterocycles. The molecule has 1 aromatic heterocycles. The van der Waals surface area contributed by atoms with Gasteiger partial charge in [-0.05, 0) is 12.1 Å². The molecule has 1 unspecified atom stereocenters. The van der Waals surface area contributed by atoms with E-state index in [9.17, 15) is 8.78 Å². The Bertz CT molecular complexity index is 571. The zero-order valence-corrected chi connectivity index (χ0v) is 10.8. The first-order chi connectivity index (χ1) is 8.29. The average Bonchev–Trinajstić information content (AvgIpc) is 2.72. The zero-order valence-electron chi connectivity index (χ0n) is 10.8. The molecule has 0 aliphatic heterocycles. The molecular formula is C14H17F2NO. The Morgan fingerprint density at radius 2 is 1.94 bits per heavy atom. The lowest BCUT2D eigenvalue weighted by molar-refractivity contribution is 0.0142. The Hall–Kier alpha value is -1.42. The van der Waals surface area contributed by atoms with Gasteiger partial charge in [-0.3, -0.25) is 0 Å². The van der Waals surface area contributed by atoms with Gasteiger partial charge in [-0.1, -0.05) is 32.9 Å². The van der Waals surface area contributed by atoms with Crippen LogP contribution in [0.25, 0.3) is 11.0 Å². The van der Waals surface area contributed by atoms with Crippen molar-refractivity contribution in [3.63, 3.8) is 0 Å². The molecule has 0 saturated carbocycles. The monoisotopic (exact) mass is 253 g/mol. The van der Waals surface area contributed by atoms with Crippen LogP contribution in [-0.2, 0) is 5.67 Å². The molecule has 4 heteroatoms. The second-order valence-corrected chi connectivity index (χ2v) is 5.52. The Morgan fingerprint density at radius 3 is 2.44 bits per heavy atom. The summed E-state index contributed by atoms with van der Waals surface area (Å²) in [6, 6.07) is 6.06. The number of hydrogen-bond donors (Lipinski definition) is 1. The summed E-state index contributed by atoms with van der Waals surface area (Å²) < 4.78 is 33.9. The van der Waals surface area contributed by atoms with Crippen molar-refractivity contribution < 1.29 is 13.2 Å². The van der Waals surface area contributed by atoms with Crippen LogP contribution >= 0.6 is 0 Å². The van der Waals surface area contributed by atoms with Crippen molar-refractivity contribution in [2.75, 3.05) is 6.54 Å². The van der Waals surface area contributed by atoms with Crippen LogP contribution in [-0.4, -0.2) is 6.54 Å². The van der Waals surface area contributed by atoms with Crippen LogP contribution in [0.1, 0.15) is 26.5 Å². The molecule has 0 spiro atoms. The minimum atomic E-state index is -1.82. The van der Waals surface area contributed by atoms with Gasteiger partial charge in [0, 0.05) is 17.3 Å². The van der Waals surface area contributed by atoms with Crippen molar-refractivity contribution in [3.8, 4) is 0 Å². The average molecular weight is 253 g/mol. The maximum atomic E-state index is 15.0. The van der Waals surface area contributed by atoms with Gasteiger partial charge in [0.05, 0.1) is 0 Å². The van der Waals surface area contributed by atoms with Crippen LogP contribution in [0.15, 0.2) is 28.7 Å². The molecule has 0 amide bonds. The third kappa shape index (κ3) is 1.81. The highest BCUT2D eigenvalue weighted by Gasteiger charge is 2.46. The number of furan rings is 1. The van der Waals surface area contributed by atoms with Crippen LogP contribution in [0.4, 0.5) is 8.78 Å². The summed E-state index contributed by atoms with van der Waals surface area (Å²) in [7, 11) is 0. The SMILES string of the molecule is CC(C)(C)C(F)(CN)c1cc2cccc(F)c2o1. The molecule has 0 aliphatic carbocycles. The highest BCUT2D eigenvalue weighted by Crippen LogP contribution is 2.44. The van der Waals surface area contributed by atoms with Crippen molar-refractivity contribution in [2.45, 2.75) is 26.4 Å². The largest absolute Gasteiger partial charge is 0.454 e. The molecular weight excluding hydrogens is 236 g/mol. The molecule has 1 atom stereocenters. The summed E-state index contributed by atoms with van der Waals surface area (Å²) in [5, 5.41) is 0.546. The molecule has 2 N–H and O–H groups in total. The fourth-order valence-corrected chi connectivity index (χ4v) is 2.00. The maximum absolute atomic E-state index is 15.0. The van der Waals surface area contributed by atoms with Crippen LogP contribution in [0.3, 0.4) is 0 Å². The number of halogens is 2. The molecule has 2 nitrogen and oxygen atoms in total. The highest BCUT2D eigenvalue weighted by atomic mass is 19.1. The lowest BCUT2D eigenvalue weighted by Crippen LogP contribution is -2.42. The van der Waals surface area contributed by atoms with E-state index in [1.165, 1.54) is 12.1 Å². The third-order valence-electron chi connectivity index (χ3n) is 3.36. The Morgan fingerprint density at radius 1 is 1.28 bits per heavy atom. The van der Waals surface area contributed by atoms with E-state index >= 15 is 0 Å². The number of nitrogens with two attached hydrogens (primary N) is 1. The van der Waals surface area contributed by atoms with Gasteiger partial charge in [0.15, 0.2) is 17.1 Å². The number of hydrogen-bond acceptors (Lipinski definition) is 2. The van der Waals surface area contributed by atoms with Crippen molar-refractivity contribution in [1.82, 2.24) is 0 Å². The van der Waals surface area contributed by atoms with Gasteiger partial charge in [-0.15, -0.1) is 0 Å². The second kappa shape index (κ2) is 4.05. The van der Waals surface area contributed by atoms with E-state index in [1.807, 2.05) is 0 Å². The maximum Gasteiger partial charge on any atom is 0.185 e. The fourth-order valence-electron chi connectivity index (χ4n) is 2.00. The molecule has 0 bridgehead atoms. The van der Waals surface area contributed by atoms with Gasteiger partial charge >= 0.3 is 0 Å². The fraction of sp³-hybridized carbons (Fsp3) is 0.429. The molecule has 0 radical (unpaired) electrons. The Kier molecular flexibility index (Phi) is 2.93. The van der Waals surface area contributed by atoms with E-state index in [-0.39, 0.29) is 17.9 Å². The van der Waals surface area contributed by atoms with Gasteiger partial charge in [0.1, 0.15) is 5.76 Å². The number of benzene rings is 1. The summed E-state index contributed by atoms with van der Waals surface area (Å²) in [5.41, 5.74) is 3.08. The number of fused-ring (bicyclic) bond motifs is 1. The van der Waals surface area contributed by atoms with Crippen LogP contribution in [0.5, 0.6) is 0 Å². The quantitative estimate of drug-likeness (QED) is 0.885. The molecule has 98 valence electrons. The number of alkyl halides is 1. The summed E-state index contributed by atoms with van der Waals surface area (Å²) in [6.07, 6.45) is 0. The van der Waals surface area contributed by atoms with Crippen molar-refractivity contribution >= 4 is 11.0 Å². The summed E-state index contributed by atoms with van der Waals surface area (Å²) >= 11 is 0. The Labute approximate surface area is 105 Å².